The molecule has 1 atom stereocenters. The Labute approximate surface area is 126 Å². The number of methoxy groups -OCH3 is 1. The summed E-state index contributed by atoms with van der Waals surface area (Å²) in [4.78, 5) is 44.9. The molecule has 0 heterocycles. The lowest BCUT2D eigenvalue weighted by Gasteiger charge is -2.17. The zero-order valence-corrected chi connectivity index (χ0v) is 11.9. The maximum Gasteiger partial charge on any atom is 0.394 e. The third kappa shape index (κ3) is 5.61. The lowest BCUT2D eigenvalue weighted by atomic mass is 10.1. The molecule has 1 rings (SSSR count). The number of nitrogens with one attached hydrogen (secondary N) is 2. The number of amides is 2. The Kier molecular flexibility index (Phi) is 6.55. The zero-order valence-electron chi connectivity index (χ0n) is 11.9. The summed E-state index contributed by atoms with van der Waals surface area (Å²) < 4.78 is 4.38. The fourth-order valence-corrected chi connectivity index (χ4v) is 1.63. The number of carbonyl (C=O) groups is 4. The van der Waals surface area contributed by atoms with E-state index < -0.39 is 29.8 Å². The van der Waals surface area contributed by atoms with Gasteiger partial charge in [0.05, 0.1) is 7.11 Å². The van der Waals surface area contributed by atoms with Crippen molar-refractivity contribution >= 4 is 23.8 Å². The van der Waals surface area contributed by atoms with Gasteiger partial charge in [0.15, 0.2) is 0 Å². The minimum absolute atomic E-state index is 0.0901. The highest BCUT2D eigenvalue weighted by molar-refractivity contribution is 6.32. The van der Waals surface area contributed by atoms with Crippen LogP contribution in [-0.2, 0) is 30.3 Å². The first kappa shape index (κ1) is 17.2. The summed E-state index contributed by atoms with van der Waals surface area (Å²) in [5.41, 5.74) is 0.728. The van der Waals surface area contributed by atoms with E-state index in [4.69, 9.17) is 5.11 Å². The second-order valence-electron chi connectivity index (χ2n) is 4.31. The van der Waals surface area contributed by atoms with Gasteiger partial charge in [0.25, 0.3) is 0 Å². The second kappa shape index (κ2) is 8.40. The van der Waals surface area contributed by atoms with Gasteiger partial charge in [-0.25, -0.2) is 4.79 Å². The van der Waals surface area contributed by atoms with Crippen LogP contribution in [0.1, 0.15) is 5.56 Å². The Morgan fingerprint density at radius 3 is 2.36 bits per heavy atom. The molecule has 0 aliphatic heterocycles. The van der Waals surface area contributed by atoms with E-state index in [1.165, 1.54) is 7.11 Å². The van der Waals surface area contributed by atoms with Crippen LogP contribution in [0.2, 0.25) is 0 Å². The van der Waals surface area contributed by atoms with Crippen molar-refractivity contribution in [1.82, 2.24) is 10.6 Å². The second-order valence-corrected chi connectivity index (χ2v) is 4.31. The van der Waals surface area contributed by atoms with Crippen LogP contribution in [0.25, 0.3) is 0 Å². The first-order valence-electron chi connectivity index (χ1n) is 6.36. The zero-order chi connectivity index (χ0) is 16.5. The summed E-state index contributed by atoms with van der Waals surface area (Å²) in [6.45, 7) is -0.371. The molecular weight excluding hydrogens is 292 g/mol. The van der Waals surface area contributed by atoms with E-state index in [9.17, 15) is 19.2 Å². The van der Waals surface area contributed by atoms with Gasteiger partial charge >= 0.3 is 17.8 Å². The number of carboxylic acids is 1. The predicted molar refractivity (Wildman–Crippen MR) is 74.7 cm³/mol. The van der Waals surface area contributed by atoms with E-state index >= 15 is 0 Å². The molecule has 1 aromatic rings. The number of carbonyl (C=O) groups excluding carboxylic acids is 3. The maximum atomic E-state index is 12.0. The molecular formula is C14H16N2O6. The molecule has 0 saturated heterocycles. The Balaban J connectivity index is 2.76. The van der Waals surface area contributed by atoms with Gasteiger partial charge in [-0.05, 0) is 5.56 Å². The van der Waals surface area contributed by atoms with E-state index in [0.717, 1.165) is 5.56 Å². The summed E-state index contributed by atoms with van der Waals surface area (Å²) in [5, 5.41) is 13.0. The van der Waals surface area contributed by atoms with Crippen LogP contribution in [0.3, 0.4) is 0 Å². The molecule has 8 nitrogen and oxygen atoms in total. The van der Waals surface area contributed by atoms with Gasteiger partial charge in [-0.15, -0.1) is 0 Å². The number of esters is 1. The molecule has 3 N–H and O–H groups in total. The topological polar surface area (TPSA) is 122 Å². The molecule has 0 aliphatic rings. The molecule has 0 aliphatic carbocycles. The van der Waals surface area contributed by atoms with Crippen LogP contribution in [-0.4, -0.2) is 48.6 Å². The number of rotatable bonds is 6. The van der Waals surface area contributed by atoms with Gasteiger partial charge in [-0.3, -0.25) is 14.4 Å². The van der Waals surface area contributed by atoms with Crippen molar-refractivity contribution < 1.29 is 29.0 Å². The van der Waals surface area contributed by atoms with E-state index in [1.807, 2.05) is 0 Å². The molecule has 0 saturated carbocycles. The van der Waals surface area contributed by atoms with Crippen molar-refractivity contribution in [2.45, 2.75) is 12.5 Å². The van der Waals surface area contributed by atoms with Gasteiger partial charge in [-0.1, -0.05) is 30.3 Å². The number of hydrogen-bond acceptors (Lipinski definition) is 5. The van der Waals surface area contributed by atoms with Crippen LogP contribution in [0, 0.1) is 0 Å². The summed E-state index contributed by atoms with van der Waals surface area (Å²) in [6.07, 6.45) is 0.0901. The highest BCUT2D eigenvalue weighted by Gasteiger charge is 2.24. The molecule has 118 valence electrons. The quantitative estimate of drug-likeness (QED) is 0.462. The maximum absolute atomic E-state index is 12.0. The largest absolute Gasteiger partial charge is 0.474 e. The Hall–Kier alpha value is -2.90. The van der Waals surface area contributed by atoms with Gasteiger partial charge < -0.3 is 20.5 Å². The summed E-state index contributed by atoms with van der Waals surface area (Å²) in [5.74, 6) is -4.33. The predicted octanol–water partition coefficient (Wildman–Crippen LogP) is -0.912. The molecule has 22 heavy (non-hydrogen) atoms. The SMILES string of the molecule is COC(=O)CNC(=O)[C@H](Cc1ccccc1)NC(=O)C(=O)O. The van der Waals surface area contributed by atoms with Crippen LogP contribution in [0.4, 0.5) is 0 Å². The van der Waals surface area contributed by atoms with Crippen molar-refractivity contribution in [3.63, 3.8) is 0 Å². The monoisotopic (exact) mass is 308 g/mol. The minimum Gasteiger partial charge on any atom is -0.474 e. The third-order valence-electron chi connectivity index (χ3n) is 2.73. The number of carboxylic acid groups (broad SMARTS) is 1. The van der Waals surface area contributed by atoms with Crippen molar-refractivity contribution in [3.8, 4) is 0 Å². The summed E-state index contributed by atoms with van der Waals surface area (Å²) >= 11 is 0. The highest BCUT2D eigenvalue weighted by Crippen LogP contribution is 2.03. The smallest absolute Gasteiger partial charge is 0.394 e. The first-order valence-corrected chi connectivity index (χ1v) is 6.36. The molecule has 8 heteroatoms. The Morgan fingerprint density at radius 1 is 1.18 bits per heavy atom. The van der Waals surface area contributed by atoms with Crippen LogP contribution >= 0.6 is 0 Å². The van der Waals surface area contributed by atoms with E-state index in [-0.39, 0.29) is 13.0 Å². The molecule has 0 radical (unpaired) electrons. The normalized spacial score (nSPS) is 11.1. The molecule has 0 aromatic heterocycles. The lowest BCUT2D eigenvalue weighted by Crippen LogP contribution is -2.50. The van der Waals surface area contributed by atoms with Crippen LogP contribution < -0.4 is 10.6 Å². The van der Waals surface area contributed by atoms with Gasteiger partial charge in [0.2, 0.25) is 5.91 Å². The van der Waals surface area contributed by atoms with Crippen molar-refractivity contribution in [1.29, 1.82) is 0 Å². The fourth-order valence-electron chi connectivity index (χ4n) is 1.63. The Morgan fingerprint density at radius 2 is 1.82 bits per heavy atom. The summed E-state index contributed by atoms with van der Waals surface area (Å²) in [7, 11) is 1.17. The van der Waals surface area contributed by atoms with Gasteiger partial charge in [0, 0.05) is 6.42 Å². The standard InChI is InChI=1S/C14H16N2O6/c1-22-11(17)8-15-12(18)10(16-13(19)14(20)21)7-9-5-3-2-4-6-9/h2-6,10H,7-8H2,1H3,(H,15,18)(H,16,19)(H,20,21)/t10-/m0/s1. The number of benzene rings is 1. The average molecular weight is 308 g/mol. The summed E-state index contributed by atoms with van der Waals surface area (Å²) in [6, 6.07) is 7.62. The first-order chi connectivity index (χ1) is 10.4. The van der Waals surface area contributed by atoms with E-state index in [1.54, 1.807) is 30.3 Å². The van der Waals surface area contributed by atoms with Crippen LogP contribution in [0.5, 0.6) is 0 Å². The lowest BCUT2D eigenvalue weighted by molar-refractivity contribution is -0.151. The van der Waals surface area contributed by atoms with E-state index in [2.05, 4.69) is 15.4 Å². The van der Waals surface area contributed by atoms with Crippen molar-refractivity contribution in [2.75, 3.05) is 13.7 Å². The molecule has 0 bridgehead atoms. The Bertz CT molecular complexity index is 558. The number of hydrogen-bond donors (Lipinski definition) is 3. The van der Waals surface area contributed by atoms with Crippen molar-refractivity contribution in [2.24, 2.45) is 0 Å². The molecule has 0 spiro atoms. The fraction of sp³-hybridized carbons (Fsp3) is 0.286. The van der Waals surface area contributed by atoms with Crippen LogP contribution in [0.15, 0.2) is 30.3 Å². The molecule has 1 aromatic carbocycles. The van der Waals surface area contributed by atoms with Gasteiger partial charge in [-0.2, -0.15) is 0 Å². The number of aliphatic carboxylic acids is 1. The van der Waals surface area contributed by atoms with E-state index in [0.29, 0.717) is 0 Å². The average Bonchev–Trinajstić information content (AvgIpc) is 2.52. The third-order valence-corrected chi connectivity index (χ3v) is 2.73. The minimum atomic E-state index is -1.70. The van der Waals surface area contributed by atoms with Gasteiger partial charge in [0.1, 0.15) is 12.6 Å². The van der Waals surface area contributed by atoms with Crippen molar-refractivity contribution in [3.05, 3.63) is 35.9 Å². The molecule has 2 amide bonds. The molecule has 0 fully saturated rings. The highest BCUT2D eigenvalue weighted by atomic mass is 16.5. The molecule has 0 unspecified atom stereocenters. The number of ether oxygens (including phenoxy) is 1.